The highest BCUT2D eigenvalue weighted by Crippen LogP contribution is 2.22. The number of fused-ring (bicyclic) bond motifs is 1. The first-order valence-corrected chi connectivity index (χ1v) is 8.25. The van der Waals surface area contributed by atoms with Crippen molar-refractivity contribution in [1.29, 1.82) is 0 Å². The molecule has 9 heteroatoms. The third-order valence-corrected chi connectivity index (χ3v) is 4.41. The SMILES string of the molecule is Nc1cc(Cc2cnn(Cc3ccc(Cl)cc3Cl)c2)c2n[nH]nc2n1. The zero-order valence-electron chi connectivity index (χ0n) is 12.9. The van der Waals surface area contributed by atoms with Crippen molar-refractivity contribution >= 4 is 40.2 Å². The maximum atomic E-state index is 6.22. The van der Waals surface area contributed by atoms with Crippen molar-refractivity contribution in [2.24, 2.45) is 0 Å². The molecule has 3 heterocycles. The molecule has 0 saturated heterocycles. The fourth-order valence-electron chi connectivity index (χ4n) is 2.68. The van der Waals surface area contributed by atoms with Crippen LogP contribution in [0.4, 0.5) is 5.82 Å². The maximum Gasteiger partial charge on any atom is 0.203 e. The Labute approximate surface area is 152 Å². The van der Waals surface area contributed by atoms with Gasteiger partial charge in [0.05, 0.1) is 12.7 Å². The molecule has 0 aliphatic carbocycles. The number of aromatic amines is 1. The van der Waals surface area contributed by atoms with Crippen molar-refractivity contribution in [2.75, 3.05) is 5.73 Å². The van der Waals surface area contributed by atoms with Crippen molar-refractivity contribution in [3.63, 3.8) is 0 Å². The molecule has 0 aliphatic heterocycles. The van der Waals surface area contributed by atoms with Gasteiger partial charge in [-0.25, -0.2) is 4.98 Å². The molecule has 0 saturated carbocycles. The second-order valence-corrected chi connectivity index (χ2v) is 6.50. The summed E-state index contributed by atoms with van der Waals surface area (Å²) in [7, 11) is 0. The van der Waals surface area contributed by atoms with Gasteiger partial charge in [-0.15, -0.1) is 5.10 Å². The third kappa shape index (κ3) is 3.29. The number of benzene rings is 1. The standard InChI is InChI=1S/C16H13Cl2N7/c17-12-2-1-10(13(18)5-12)8-25-7-9(6-20-25)3-11-4-14(19)21-16-15(11)22-24-23-16/h1-2,4-7H,3,8H2,(H3,19,21,22,23,24). The molecule has 4 rings (SSSR count). The number of halogens is 2. The Morgan fingerprint density at radius 1 is 1.12 bits per heavy atom. The largest absolute Gasteiger partial charge is 0.384 e. The van der Waals surface area contributed by atoms with Gasteiger partial charge < -0.3 is 5.73 Å². The summed E-state index contributed by atoms with van der Waals surface area (Å²) in [4.78, 5) is 4.14. The summed E-state index contributed by atoms with van der Waals surface area (Å²) in [5, 5.41) is 16.3. The predicted octanol–water partition coefficient (Wildman–Crippen LogP) is 3.08. The van der Waals surface area contributed by atoms with E-state index in [1.54, 1.807) is 12.1 Å². The van der Waals surface area contributed by atoms with E-state index in [1.807, 2.05) is 29.2 Å². The van der Waals surface area contributed by atoms with Gasteiger partial charge in [0.1, 0.15) is 11.3 Å². The number of rotatable bonds is 4. The van der Waals surface area contributed by atoms with E-state index in [0.29, 0.717) is 40.0 Å². The van der Waals surface area contributed by atoms with E-state index in [4.69, 9.17) is 28.9 Å². The lowest BCUT2D eigenvalue weighted by Gasteiger charge is -2.05. The summed E-state index contributed by atoms with van der Waals surface area (Å²) in [6.45, 7) is 0.563. The van der Waals surface area contributed by atoms with Gasteiger partial charge in [-0.2, -0.15) is 15.4 Å². The number of anilines is 1. The molecule has 1 aromatic carbocycles. The first kappa shape index (κ1) is 15.9. The molecule has 0 spiro atoms. The molecule has 0 amide bonds. The Balaban J connectivity index is 1.58. The van der Waals surface area contributed by atoms with Gasteiger partial charge in [-0.1, -0.05) is 29.3 Å². The molecule has 0 unspecified atom stereocenters. The van der Waals surface area contributed by atoms with E-state index in [0.717, 1.165) is 16.7 Å². The number of hydrogen-bond acceptors (Lipinski definition) is 5. The highest BCUT2D eigenvalue weighted by molar-refractivity contribution is 6.35. The monoisotopic (exact) mass is 373 g/mol. The molecular weight excluding hydrogens is 361 g/mol. The zero-order chi connectivity index (χ0) is 17.4. The lowest BCUT2D eigenvalue weighted by atomic mass is 10.1. The van der Waals surface area contributed by atoms with Crippen LogP contribution in [0.25, 0.3) is 11.2 Å². The third-order valence-electron chi connectivity index (χ3n) is 3.82. The van der Waals surface area contributed by atoms with Crippen LogP contribution >= 0.6 is 23.2 Å². The molecule has 0 radical (unpaired) electrons. The van der Waals surface area contributed by atoms with Crippen molar-refractivity contribution in [1.82, 2.24) is 30.2 Å². The fraction of sp³-hybridized carbons (Fsp3) is 0.125. The normalized spacial score (nSPS) is 11.3. The molecule has 0 fully saturated rings. The molecule has 3 N–H and O–H groups in total. The summed E-state index contributed by atoms with van der Waals surface area (Å²) >= 11 is 12.2. The Hall–Kier alpha value is -2.64. The Kier molecular flexibility index (Phi) is 4.03. The smallest absolute Gasteiger partial charge is 0.203 e. The molecule has 0 atom stereocenters. The van der Waals surface area contributed by atoms with Gasteiger partial charge in [0, 0.05) is 22.7 Å². The maximum absolute atomic E-state index is 6.22. The summed E-state index contributed by atoms with van der Waals surface area (Å²) < 4.78 is 1.83. The molecule has 0 aliphatic rings. The predicted molar refractivity (Wildman–Crippen MR) is 96.7 cm³/mol. The van der Waals surface area contributed by atoms with Gasteiger partial charge >= 0.3 is 0 Å². The number of aromatic nitrogens is 6. The number of nitrogen functional groups attached to an aromatic ring is 1. The van der Waals surface area contributed by atoms with Crippen LogP contribution in [-0.2, 0) is 13.0 Å². The van der Waals surface area contributed by atoms with Crippen molar-refractivity contribution in [2.45, 2.75) is 13.0 Å². The molecule has 7 nitrogen and oxygen atoms in total. The molecule has 4 aromatic rings. The van der Waals surface area contributed by atoms with Gasteiger partial charge in [-0.3, -0.25) is 4.68 Å². The van der Waals surface area contributed by atoms with Crippen LogP contribution < -0.4 is 5.73 Å². The second kappa shape index (κ2) is 6.34. The summed E-state index contributed by atoms with van der Waals surface area (Å²) in [5.41, 5.74) is 9.98. The first-order chi connectivity index (χ1) is 12.1. The molecule has 0 bridgehead atoms. The van der Waals surface area contributed by atoms with Crippen LogP contribution in [0.15, 0.2) is 36.7 Å². The Morgan fingerprint density at radius 2 is 2.00 bits per heavy atom. The van der Waals surface area contributed by atoms with E-state index in [9.17, 15) is 0 Å². The minimum Gasteiger partial charge on any atom is -0.384 e. The van der Waals surface area contributed by atoms with Crippen LogP contribution in [-0.4, -0.2) is 30.2 Å². The van der Waals surface area contributed by atoms with Gasteiger partial charge in [0.25, 0.3) is 0 Å². The number of nitrogens with two attached hydrogens (primary N) is 1. The fourth-order valence-corrected chi connectivity index (χ4v) is 3.15. The summed E-state index contributed by atoms with van der Waals surface area (Å²) in [6, 6.07) is 7.24. The molecule has 3 aromatic heterocycles. The second-order valence-electron chi connectivity index (χ2n) is 5.66. The molecule has 25 heavy (non-hydrogen) atoms. The topological polar surface area (TPSA) is 98.3 Å². The highest BCUT2D eigenvalue weighted by atomic mass is 35.5. The van der Waals surface area contributed by atoms with Crippen LogP contribution in [0.3, 0.4) is 0 Å². The number of pyridine rings is 1. The minimum absolute atomic E-state index is 0.414. The highest BCUT2D eigenvalue weighted by Gasteiger charge is 2.11. The van der Waals surface area contributed by atoms with Gasteiger partial charge in [0.15, 0.2) is 0 Å². The van der Waals surface area contributed by atoms with Crippen LogP contribution in [0.5, 0.6) is 0 Å². The van der Waals surface area contributed by atoms with Crippen LogP contribution in [0.2, 0.25) is 10.0 Å². The summed E-state index contributed by atoms with van der Waals surface area (Å²) in [5.74, 6) is 0.414. The molecular formula is C16H13Cl2N7. The average molecular weight is 374 g/mol. The van der Waals surface area contributed by atoms with E-state index in [-0.39, 0.29) is 0 Å². The summed E-state index contributed by atoms with van der Waals surface area (Å²) in [6.07, 6.45) is 4.41. The van der Waals surface area contributed by atoms with Crippen LogP contribution in [0.1, 0.15) is 16.7 Å². The number of H-pyrrole nitrogens is 1. The quantitative estimate of drug-likeness (QED) is 0.572. The lowest BCUT2D eigenvalue weighted by Crippen LogP contribution is -2.00. The number of nitrogens with one attached hydrogen (secondary N) is 1. The van der Waals surface area contributed by atoms with Crippen molar-refractivity contribution in [3.05, 3.63) is 63.4 Å². The average Bonchev–Trinajstić information content (AvgIpc) is 3.19. The van der Waals surface area contributed by atoms with Crippen LogP contribution in [0, 0.1) is 0 Å². The minimum atomic E-state index is 0.414. The number of nitrogens with zero attached hydrogens (tertiary/aromatic N) is 5. The first-order valence-electron chi connectivity index (χ1n) is 7.49. The Morgan fingerprint density at radius 3 is 2.84 bits per heavy atom. The van der Waals surface area contributed by atoms with Gasteiger partial charge in [-0.05, 0) is 34.9 Å². The van der Waals surface area contributed by atoms with E-state index in [2.05, 4.69) is 25.5 Å². The van der Waals surface area contributed by atoms with Crippen molar-refractivity contribution in [3.8, 4) is 0 Å². The zero-order valence-corrected chi connectivity index (χ0v) is 14.5. The number of hydrogen-bond donors (Lipinski definition) is 2. The lowest BCUT2D eigenvalue weighted by molar-refractivity contribution is 0.686. The van der Waals surface area contributed by atoms with Gasteiger partial charge in [0.2, 0.25) is 5.65 Å². The Bertz CT molecular complexity index is 1050. The molecule has 126 valence electrons. The van der Waals surface area contributed by atoms with E-state index >= 15 is 0 Å². The van der Waals surface area contributed by atoms with E-state index < -0.39 is 0 Å². The van der Waals surface area contributed by atoms with Crippen molar-refractivity contribution < 1.29 is 0 Å². The van der Waals surface area contributed by atoms with E-state index in [1.165, 1.54) is 0 Å².